The first-order chi connectivity index (χ1) is 15.2. The highest BCUT2D eigenvalue weighted by Gasteiger charge is 2.13. The zero-order valence-corrected chi connectivity index (χ0v) is 18.1. The second-order valence-corrected chi connectivity index (χ2v) is 8.07. The second-order valence-electron chi connectivity index (χ2n) is 6.73. The number of hydrazone groups is 1. The molecule has 1 aromatic carbocycles. The lowest BCUT2D eigenvalue weighted by Crippen LogP contribution is -2.33. The lowest BCUT2D eigenvalue weighted by Gasteiger charge is -2.11. The summed E-state index contributed by atoms with van der Waals surface area (Å²) in [6.07, 6.45) is 4.30. The first-order valence-corrected chi connectivity index (χ1v) is 11.1. The molecule has 1 amide bonds. The summed E-state index contributed by atoms with van der Waals surface area (Å²) in [6, 6.07) is 8.11. The van der Waals surface area contributed by atoms with Crippen molar-refractivity contribution in [1.82, 2.24) is 15.6 Å². The summed E-state index contributed by atoms with van der Waals surface area (Å²) in [6.45, 7) is 0.404. The molecule has 1 heterocycles. The van der Waals surface area contributed by atoms with Crippen LogP contribution in [0.4, 0.5) is 5.82 Å². The van der Waals surface area contributed by atoms with Crippen molar-refractivity contribution in [3.05, 3.63) is 53.7 Å². The normalized spacial score (nSPS) is 12.4. The maximum absolute atomic E-state index is 12.2. The number of unbranched alkanes of at least 4 members (excludes halogenated alkanes) is 1. The number of likely N-dealkylation sites (N-methyl/N-ethyl adjacent to an activating group) is 1. The number of carboxylic acid groups (broad SMARTS) is 1. The molecule has 32 heavy (non-hydrogen) atoms. The third-order valence-corrected chi connectivity index (χ3v) is 5.36. The van der Waals surface area contributed by atoms with Crippen LogP contribution in [-0.4, -0.2) is 60.8 Å². The number of amides is 1. The number of aromatic nitrogens is 1. The molecule has 172 valence electrons. The molecule has 0 saturated heterocycles. The molecule has 0 radical (unpaired) electrons. The molecule has 0 bridgehead atoms. The maximum Gasteiger partial charge on any atom is 0.320 e. The molecule has 2 rings (SSSR count). The van der Waals surface area contributed by atoms with Crippen molar-refractivity contribution in [3.63, 3.8) is 0 Å². The molecule has 1 unspecified atom stereocenters. The minimum absolute atomic E-state index is 0.135. The van der Waals surface area contributed by atoms with Crippen LogP contribution in [0.3, 0.4) is 0 Å². The molecular weight excluding hydrogens is 438 g/mol. The highest BCUT2D eigenvalue weighted by Crippen LogP contribution is 2.13. The topological polar surface area (TPSA) is 173 Å². The molecule has 0 aliphatic heterocycles. The number of pyridine rings is 1. The summed E-state index contributed by atoms with van der Waals surface area (Å²) < 4.78 is 33.8. The number of aliphatic carboxylic acids is 1. The van der Waals surface area contributed by atoms with E-state index in [1.165, 1.54) is 42.7 Å². The molecule has 0 aliphatic rings. The summed E-state index contributed by atoms with van der Waals surface area (Å²) in [4.78, 5) is 26.8. The maximum atomic E-state index is 12.2. The van der Waals surface area contributed by atoms with Gasteiger partial charge in [0.2, 0.25) is 0 Å². The van der Waals surface area contributed by atoms with E-state index in [9.17, 15) is 22.6 Å². The number of hydrogen-bond donors (Lipinski definition) is 4. The Morgan fingerprint density at radius 2 is 1.97 bits per heavy atom. The van der Waals surface area contributed by atoms with Crippen LogP contribution in [0, 0.1) is 0 Å². The predicted molar refractivity (Wildman–Crippen MR) is 117 cm³/mol. The van der Waals surface area contributed by atoms with Gasteiger partial charge in [0.15, 0.2) is 0 Å². The Kier molecular flexibility index (Phi) is 9.25. The van der Waals surface area contributed by atoms with Gasteiger partial charge in [0.25, 0.3) is 5.91 Å². The Morgan fingerprint density at radius 1 is 1.22 bits per heavy atom. The van der Waals surface area contributed by atoms with Crippen LogP contribution >= 0.6 is 0 Å². The highest BCUT2D eigenvalue weighted by molar-refractivity contribution is 7.85. The minimum Gasteiger partial charge on any atom is -0.744 e. The van der Waals surface area contributed by atoms with Crippen molar-refractivity contribution >= 4 is 34.0 Å². The SMILES string of the molecule is CNC(CCCCNC(=O)c1ccc(N/N=C/c2ccccc2S(=O)(=O)[O-])nc1)C(=O)O. The Labute approximate surface area is 185 Å². The molecule has 2 aromatic rings. The summed E-state index contributed by atoms with van der Waals surface area (Å²) in [5, 5.41) is 18.3. The molecule has 11 nitrogen and oxygen atoms in total. The van der Waals surface area contributed by atoms with Gasteiger partial charge in [-0.3, -0.25) is 15.0 Å². The third kappa shape index (κ3) is 7.72. The standard InChI is InChI=1S/C20H25N5O6S/c1-21-16(20(27)28)7-4-5-11-22-19(26)15-9-10-18(23-12-15)25-24-13-14-6-2-3-8-17(14)32(29,30)31/h2-3,6,8-10,12-13,16,21H,4-5,7,11H2,1H3,(H,22,26)(H,23,25)(H,27,28)(H,29,30,31)/p-1/b24-13+. The number of nitrogens with one attached hydrogen (secondary N) is 3. The van der Waals surface area contributed by atoms with Crippen LogP contribution in [0.15, 0.2) is 52.6 Å². The molecule has 0 fully saturated rings. The number of rotatable bonds is 12. The predicted octanol–water partition coefficient (Wildman–Crippen LogP) is 1.00. The Morgan fingerprint density at radius 3 is 2.59 bits per heavy atom. The Hall–Kier alpha value is -3.35. The van der Waals surface area contributed by atoms with E-state index in [4.69, 9.17) is 5.11 Å². The number of hydrogen-bond acceptors (Lipinski definition) is 9. The van der Waals surface area contributed by atoms with E-state index in [2.05, 4.69) is 26.1 Å². The lowest BCUT2D eigenvalue weighted by atomic mass is 10.1. The zero-order chi connectivity index (χ0) is 23.6. The first kappa shape index (κ1) is 24.9. The lowest BCUT2D eigenvalue weighted by molar-refractivity contribution is -0.139. The van der Waals surface area contributed by atoms with Crippen molar-refractivity contribution in [3.8, 4) is 0 Å². The molecule has 0 saturated carbocycles. The van der Waals surface area contributed by atoms with Gasteiger partial charge in [0.05, 0.1) is 16.7 Å². The molecule has 0 spiro atoms. The Balaban J connectivity index is 1.83. The van der Waals surface area contributed by atoms with Crippen molar-refractivity contribution in [2.24, 2.45) is 5.10 Å². The van der Waals surface area contributed by atoms with Crippen molar-refractivity contribution in [2.75, 3.05) is 19.0 Å². The third-order valence-electron chi connectivity index (χ3n) is 4.45. The number of nitrogens with zero attached hydrogens (tertiary/aromatic N) is 2. The van der Waals surface area contributed by atoms with Crippen molar-refractivity contribution < 1.29 is 27.7 Å². The fraction of sp³-hybridized carbons (Fsp3) is 0.300. The van der Waals surface area contributed by atoms with E-state index < -0.39 is 22.1 Å². The fourth-order valence-corrected chi connectivity index (χ4v) is 3.40. The molecule has 0 aliphatic carbocycles. The minimum atomic E-state index is -4.62. The number of carboxylic acids is 1. The monoisotopic (exact) mass is 462 g/mol. The van der Waals surface area contributed by atoms with Crippen LogP contribution in [0.25, 0.3) is 0 Å². The van der Waals surface area contributed by atoms with Crippen LogP contribution in [0.2, 0.25) is 0 Å². The van der Waals surface area contributed by atoms with Crippen LogP contribution in [0.5, 0.6) is 0 Å². The largest absolute Gasteiger partial charge is 0.744 e. The summed E-state index contributed by atoms with van der Waals surface area (Å²) in [5.74, 6) is -0.905. The number of carbonyl (C=O) groups is 2. The van der Waals surface area contributed by atoms with E-state index in [0.717, 1.165) is 0 Å². The van der Waals surface area contributed by atoms with E-state index in [-0.39, 0.29) is 16.4 Å². The number of benzene rings is 1. The van der Waals surface area contributed by atoms with Gasteiger partial charge in [-0.25, -0.2) is 13.4 Å². The van der Waals surface area contributed by atoms with E-state index in [0.29, 0.717) is 37.2 Å². The first-order valence-electron chi connectivity index (χ1n) is 9.70. The summed E-state index contributed by atoms with van der Waals surface area (Å²) in [5.41, 5.74) is 3.07. The fourth-order valence-electron chi connectivity index (χ4n) is 2.75. The van der Waals surface area contributed by atoms with Gasteiger partial charge in [-0.2, -0.15) is 5.10 Å². The average molecular weight is 463 g/mol. The van der Waals surface area contributed by atoms with Gasteiger partial charge < -0.3 is 20.3 Å². The smallest absolute Gasteiger partial charge is 0.320 e. The van der Waals surface area contributed by atoms with E-state index in [1.807, 2.05) is 0 Å². The number of anilines is 1. The van der Waals surface area contributed by atoms with Gasteiger partial charge in [0.1, 0.15) is 22.0 Å². The summed E-state index contributed by atoms with van der Waals surface area (Å²) >= 11 is 0. The van der Waals surface area contributed by atoms with Crippen LogP contribution < -0.4 is 16.1 Å². The van der Waals surface area contributed by atoms with Gasteiger partial charge in [-0.15, -0.1) is 0 Å². The van der Waals surface area contributed by atoms with Crippen LogP contribution in [0.1, 0.15) is 35.2 Å². The van der Waals surface area contributed by atoms with Gasteiger partial charge in [-0.1, -0.05) is 18.2 Å². The molecular formula is C20H24N5O6S-. The van der Waals surface area contributed by atoms with Gasteiger partial charge in [-0.05, 0) is 44.5 Å². The zero-order valence-electron chi connectivity index (χ0n) is 17.3. The molecule has 1 atom stereocenters. The molecule has 4 N–H and O–H groups in total. The second kappa shape index (κ2) is 11.9. The highest BCUT2D eigenvalue weighted by atomic mass is 32.2. The van der Waals surface area contributed by atoms with E-state index in [1.54, 1.807) is 13.1 Å². The van der Waals surface area contributed by atoms with E-state index >= 15 is 0 Å². The number of carbonyl (C=O) groups excluding carboxylic acids is 1. The molecule has 1 aromatic heterocycles. The molecule has 12 heteroatoms. The Bertz CT molecular complexity index is 1060. The van der Waals surface area contributed by atoms with Crippen molar-refractivity contribution in [1.29, 1.82) is 0 Å². The van der Waals surface area contributed by atoms with Crippen molar-refractivity contribution in [2.45, 2.75) is 30.2 Å². The van der Waals surface area contributed by atoms with Crippen LogP contribution in [-0.2, 0) is 14.9 Å². The average Bonchev–Trinajstić information content (AvgIpc) is 2.76. The van der Waals surface area contributed by atoms with Gasteiger partial charge >= 0.3 is 5.97 Å². The quantitative estimate of drug-likeness (QED) is 0.155. The summed E-state index contributed by atoms with van der Waals surface area (Å²) in [7, 11) is -3.03. The van der Waals surface area contributed by atoms with Gasteiger partial charge in [0, 0.05) is 18.3 Å².